The topological polar surface area (TPSA) is 15.3 Å². The van der Waals surface area contributed by atoms with Crippen LogP contribution < -0.4 is 5.32 Å². The summed E-state index contributed by atoms with van der Waals surface area (Å²) in [6.45, 7) is 7.50. The van der Waals surface area contributed by atoms with Crippen molar-refractivity contribution in [1.82, 2.24) is 10.2 Å². The van der Waals surface area contributed by atoms with Crippen LogP contribution >= 0.6 is 0 Å². The Labute approximate surface area is 88.1 Å². The minimum absolute atomic E-state index is 0.690. The van der Waals surface area contributed by atoms with Gasteiger partial charge in [-0.05, 0) is 70.2 Å². The second-order valence-corrected chi connectivity index (χ2v) is 5.57. The van der Waals surface area contributed by atoms with Crippen molar-refractivity contribution in [3.8, 4) is 0 Å². The SMILES string of the molecule is CC1CNCCC2(CCN(C)CC2)C1. The highest BCUT2D eigenvalue weighted by atomic mass is 15.1. The molecule has 0 aromatic carbocycles. The largest absolute Gasteiger partial charge is 0.316 e. The summed E-state index contributed by atoms with van der Waals surface area (Å²) >= 11 is 0. The fourth-order valence-corrected chi connectivity index (χ4v) is 3.16. The first kappa shape index (κ1) is 10.4. The molecule has 0 aromatic rings. The Hall–Kier alpha value is -0.0800. The highest BCUT2D eigenvalue weighted by Gasteiger charge is 2.35. The van der Waals surface area contributed by atoms with Crippen molar-refractivity contribution < 1.29 is 0 Å². The average Bonchev–Trinajstić information content (AvgIpc) is 2.34. The minimum atomic E-state index is 0.690. The van der Waals surface area contributed by atoms with Gasteiger partial charge in [0.05, 0.1) is 0 Å². The Bertz CT molecular complexity index is 183. The Balaban J connectivity index is 1.98. The molecule has 82 valence electrons. The Morgan fingerprint density at radius 3 is 2.64 bits per heavy atom. The van der Waals surface area contributed by atoms with Gasteiger partial charge in [0.25, 0.3) is 0 Å². The number of nitrogens with one attached hydrogen (secondary N) is 1. The van der Waals surface area contributed by atoms with Crippen LogP contribution in [0.2, 0.25) is 0 Å². The number of nitrogens with zero attached hydrogens (tertiary/aromatic N) is 1. The van der Waals surface area contributed by atoms with Crippen molar-refractivity contribution in [2.45, 2.75) is 32.6 Å². The molecule has 2 heteroatoms. The summed E-state index contributed by atoms with van der Waals surface area (Å²) in [5.74, 6) is 0.876. The lowest BCUT2D eigenvalue weighted by Gasteiger charge is -2.41. The van der Waals surface area contributed by atoms with E-state index in [-0.39, 0.29) is 0 Å². The van der Waals surface area contributed by atoms with Gasteiger partial charge in [0.2, 0.25) is 0 Å². The molecule has 2 aliphatic rings. The van der Waals surface area contributed by atoms with Gasteiger partial charge in [0.1, 0.15) is 0 Å². The maximum atomic E-state index is 3.57. The van der Waals surface area contributed by atoms with Gasteiger partial charge in [-0.2, -0.15) is 0 Å². The fourth-order valence-electron chi connectivity index (χ4n) is 3.16. The van der Waals surface area contributed by atoms with Crippen LogP contribution in [0.25, 0.3) is 0 Å². The lowest BCUT2D eigenvalue weighted by Crippen LogP contribution is -2.39. The molecule has 14 heavy (non-hydrogen) atoms. The van der Waals surface area contributed by atoms with E-state index in [2.05, 4.69) is 24.2 Å². The summed E-state index contributed by atoms with van der Waals surface area (Å²) in [6, 6.07) is 0. The van der Waals surface area contributed by atoms with Crippen LogP contribution in [0.5, 0.6) is 0 Å². The molecule has 0 bridgehead atoms. The quantitative estimate of drug-likeness (QED) is 0.634. The van der Waals surface area contributed by atoms with Crippen LogP contribution in [0.15, 0.2) is 0 Å². The molecule has 2 heterocycles. The summed E-state index contributed by atoms with van der Waals surface area (Å²) in [6.07, 6.45) is 5.71. The zero-order valence-corrected chi connectivity index (χ0v) is 9.68. The molecular formula is C12H24N2. The first-order valence-electron chi connectivity index (χ1n) is 6.09. The molecule has 0 amide bonds. The van der Waals surface area contributed by atoms with Crippen LogP contribution in [0.4, 0.5) is 0 Å². The average molecular weight is 196 g/mol. The Morgan fingerprint density at radius 2 is 1.93 bits per heavy atom. The van der Waals surface area contributed by atoms with Crippen LogP contribution in [0.1, 0.15) is 32.6 Å². The smallest absolute Gasteiger partial charge is 0.00165 e. The monoisotopic (exact) mass is 196 g/mol. The van der Waals surface area contributed by atoms with E-state index < -0.39 is 0 Å². The summed E-state index contributed by atoms with van der Waals surface area (Å²) in [7, 11) is 2.26. The van der Waals surface area contributed by atoms with E-state index in [1.165, 1.54) is 51.9 Å². The van der Waals surface area contributed by atoms with E-state index in [1.54, 1.807) is 0 Å². The number of rotatable bonds is 0. The van der Waals surface area contributed by atoms with Crippen LogP contribution in [-0.4, -0.2) is 38.1 Å². The maximum Gasteiger partial charge on any atom is -0.00165 e. The highest BCUT2D eigenvalue weighted by Crippen LogP contribution is 2.41. The predicted octanol–water partition coefficient (Wildman–Crippen LogP) is 1.72. The summed E-state index contributed by atoms with van der Waals surface area (Å²) < 4.78 is 0. The zero-order chi connectivity index (χ0) is 10.0. The van der Waals surface area contributed by atoms with Gasteiger partial charge in [-0.25, -0.2) is 0 Å². The lowest BCUT2D eigenvalue weighted by atomic mass is 9.71. The van der Waals surface area contributed by atoms with Crippen molar-refractivity contribution >= 4 is 0 Å². The van der Waals surface area contributed by atoms with Crippen LogP contribution in [0.3, 0.4) is 0 Å². The molecule has 1 N–H and O–H groups in total. The number of piperidine rings is 1. The molecule has 1 unspecified atom stereocenters. The second kappa shape index (κ2) is 4.19. The molecular weight excluding hydrogens is 172 g/mol. The minimum Gasteiger partial charge on any atom is -0.316 e. The lowest BCUT2D eigenvalue weighted by molar-refractivity contribution is 0.0973. The molecule has 2 nitrogen and oxygen atoms in total. The Morgan fingerprint density at radius 1 is 1.21 bits per heavy atom. The summed E-state index contributed by atoms with van der Waals surface area (Å²) in [4.78, 5) is 2.48. The van der Waals surface area contributed by atoms with Crippen molar-refractivity contribution in [2.24, 2.45) is 11.3 Å². The molecule has 2 aliphatic heterocycles. The van der Waals surface area contributed by atoms with Crippen LogP contribution in [0, 0.1) is 11.3 Å². The third-order valence-electron chi connectivity index (χ3n) is 4.15. The molecule has 0 aliphatic carbocycles. The van der Waals surface area contributed by atoms with Crippen molar-refractivity contribution in [3.05, 3.63) is 0 Å². The van der Waals surface area contributed by atoms with Gasteiger partial charge in [-0.1, -0.05) is 6.92 Å². The predicted molar refractivity (Wildman–Crippen MR) is 60.4 cm³/mol. The number of hydrogen-bond donors (Lipinski definition) is 1. The van der Waals surface area contributed by atoms with Crippen LogP contribution in [-0.2, 0) is 0 Å². The summed E-state index contributed by atoms with van der Waals surface area (Å²) in [5.41, 5.74) is 0.690. The zero-order valence-electron chi connectivity index (χ0n) is 9.68. The maximum absolute atomic E-state index is 3.57. The molecule has 0 aromatic heterocycles. The van der Waals surface area contributed by atoms with Crippen molar-refractivity contribution in [3.63, 3.8) is 0 Å². The van der Waals surface area contributed by atoms with E-state index in [0.717, 1.165) is 5.92 Å². The molecule has 2 fully saturated rings. The second-order valence-electron chi connectivity index (χ2n) is 5.57. The van der Waals surface area contributed by atoms with Gasteiger partial charge in [-0.15, -0.1) is 0 Å². The van der Waals surface area contributed by atoms with Gasteiger partial charge < -0.3 is 10.2 Å². The molecule has 2 saturated heterocycles. The van der Waals surface area contributed by atoms with Gasteiger partial charge >= 0.3 is 0 Å². The van der Waals surface area contributed by atoms with Gasteiger partial charge in [0.15, 0.2) is 0 Å². The standard InChI is InChI=1S/C12H24N2/c1-11-9-12(3-6-13-10-11)4-7-14(2)8-5-12/h11,13H,3-10H2,1-2H3. The molecule has 0 radical (unpaired) electrons. The highest BCUT2D eigenvalue weighted by molar-refractivity contribution is 4.89. The molecule has 2 rings (SSSR count). The van der Waals surface area contributed by atoms with Crippen molar-refractivity contribution in [1.29, 1.82) is 0 Å². The fraction of sp³-hybridized carbons (Fsp3) is 1.00. The van der Waals surface area contributed by atoms with E-state index in [1.807, 2.05) is 0 Å². The Kier molecular flexibility index (Phi) is 3.13. The van der Waals surface area contributed by atoms with E-state index in [0.29, 0.717) is 5.41 Å². The third-order valence-corrected chi connectivity index (χ3v) is 4.15. The number of likely N-dealkylation sites (tertiary alicyclic amines) is 1. The third kappa shape index (κ3) is 2.29. The van der Waals surface area contributed by atoms with Gasteiger partial charge in [0, 0.05) is 0 Å². The van der Waals surface area contributed by atoms with E-state index >= 15 is 0 Å². The normalized spacial score (nSPS) is 34.3. The molecule has 1 atom stereocenters. The first-order chi connectivity index (χ1) is 6.70. The first-order valence-corrected chi connectivity index (χ1v) is 6.09. The van der Waals surface area contributed by atoms with E-state index in [4.69, 9.17) is 0 Å². The molecule has 1 spiro atoms. The van der Waals surface area contributed by atoms with Crippen molar-refractivity contribution in [2.75, 3.05) is 33.2 Å². The van der Waals surface area contributed by atoms with Gasteiger partial charge in [-0.3, -0.25) is 0 Å². The molecule has 0 saturated carbocycles. The summed E-state index contributed by atoms with van der Waals surface area (Å²) in [5, 5.41) is 3.57. The number of hydrogen-bond acceptors (Lipinski definition) is 2. The van der Waals surface area contributed by atoms with E-state index in [9.17, 15) is 0 Å².